The SMILES string of the molecule is CC(C)CC1(CNc2cc([N+](=O)[O-])cc(N)n2)CCCC1. The van der Waals surface area contributed by atoms with Gasteiger partial charge in [-0.1, -0.05) is 26.7 Å². The van der Waals surface area contributed by atoms with Gasteiger partial charge in [-0.2, -0.15) is 0 Å². The van der Waals surface area contributed by atoms with Crippen LogP contribution in [-0.2, 0) is 0 Å². The van der Waals surface area contributed by atoms with Crippen LogP contribution >= 0.6 is 0 Å². The highest BCUT2D eigenvalue weighted by Gasteiger charge is 2.34. The minimum atomic E-state index is -0.442. The van der Waals surface area contributed by atoms with Crippen molar-refractivity contribution in [3.8, 4) is 0 Å². The van der Waals surface area contributed by atoms with Crippen LogP contribution in [0.15, 0.2) is 12.1 Å². The molecule has 0 atom stereocenters. The molecule has 2 rings (SSSR count). The van der Waals surface area contributed by atoms with Gasteiger partial charge in [-0.25, -0.2) is 4.98 Å². The van der Waals surface area contributed by atoms with Gasteiger partial charge in [-0.05, 0) is 30.6 Å². The number of pyridine rings is 1. The molecule has 1 aliphatic carbocycles. The van der Waals surface area contributed by atoms with Gasteiger partial charge in [0.2, 0.25) is 0 Å². The second-order valence-electron chi connectivity index (χ2n) is 6.55. The van der Waals surface area contributed by atoms with Gasteiger partial charge in [0, 0.05) is 6.54 Å². The standard InChI is InChI=1S/C15H24N4O2/c1-11(2)9-15(5-3-4-6-15)10-17-14-8-12(19(20)21)7-13(16)18-14/h7-8,11H,3-6,9-10H2,1-2H3,(H3,16,17,18). The maximum atomic E-state index is 10.9. The third-order valence-electron chi connectivity index (χ3n) is 4.19. The van der Waals surface area contributed by atoms with Crippen molar-refractivity contribution in [3.63, 3.8) is 0 Å². The molecule has 1 aromatic heterocycles. The number of aromatic nitrogens is 1. The molecule has 0 unspecified atom stereocenters. The van der Waals surface area contributed by atoms with Crippen molar-refractivity contribution < 1.29 is 4.92 Å². The van der Waals surface area contributed by atoms with Gasteiger partial charge in [-0.3, -0.25) is 10.1 Å². The Kier molecular flexibility index (Phi) is 4.65. The number of nitrogen functional groups attached to an aromatic ring is 1. The molecule has 21 heavy (non-hydrogen) atoms. The molecular weight excluding hydrogens is 268 g/mol. The quantitative estimate of drug-likeness (QED) is 0.617. The van der Waals surface area contributed by atoms with E-state index < -0.39 is 4.92 Å². The Morgan fingerprint density at radius 1 is 1.43 bits per heavy atom. The highest BCUT2D eigenvalue weighted by atomic mass is 16.6. The van der Waals surface area contributed by atoms with Crippen LogP contribution in [0.5, 0.6) is 0 Å². The zero-order chi connectivity index (χ0) is 15.5. The summed E-state index contributed by atoms with van der Waals surface area (Å²) >= 11 is 0. The molecule has 1 heterocycles. The van der Waals surface area contributed by atoms with E-state index in [-0.39, 0.29) is 16.9 Å². The molecule has 6 heteroatoms. The van der Waals surface area contributed by atoms with E-state index in [1.807, 2.05) is 0 Å². The molecule has 0 aliphatic heterocycles. The summed E-state index contributed by atoms with van der Waals surface area (Å²) in [5.74, 6) is 1.32. The van der Waals surface area contributed by atoms with Gasteiger partial charge >= 0.3 is 0 Å². The minimum Gasteiger partial charge on any atom is -0.383 e. The van der Waals surface area contributed by atoms with Gasteiger partial charge in [-0.15, -0.1) is 0 Å². The van der Waals surface area contributed by atoms with E-state index >= 15 is 0 Å². The molecule has 116 valence electrons. The first-order chi connectivity index (χ1) is 9.90. The molecule has 0 amide bonds. The van der Waals surface area contributed by atoms with Crippen LogP contribution in [0.2, 0.25) is 0 Å². The summed E-state index contributed by atoms with van der Waals surface area (Å²) in [5, 5.41) is 14.1. The van der Waals surface area contributed by atoms with Crippen molar-refractivity contribution in [1.29, 1.82) is 0 Å². The zero-order valence-corrected chi connectivity index (χ0v) is 12.8. The summed E-state index contributed by atoms with van der Waals surface area (Å²) in [6.45, 7) is 5.28. The maximum absolute atomic E-state index is 10.9. The van der Waals surface area contributed by atoms with Crippen LogP contribution in [0, 0.1) is 21.4 Å². The van der Waals surface area contributed by atoms with E-state index in [0.717, 1.165) is 6.54 Å². The lowest BCUT2D eigenvalue weighted by Gasteiger charge is -2.31. The smallest absolute Gasteiger partial charge is 0.276 e. The molecule has 1 fully saturated rings. The number of nitrogens with two attached hydrogens (primary N) is 1. The van der Waals surface area contributed by atoms with E-state index in [1.165, 1.54) is 44.2 Å². The Balaban J connectivity index is 2.09. The molecule has 0 radical (unpaired) electrons. The highest BCUT2D eigenvalue weighted by Crippen LogP contribution is 2.43. The summed E-state index contributed by atoms with van der Waals surface area (Å²) in [6, 6.07) is 2.74. The summed E-state index contributed by atoms with van der Waals surface area (Å²) in [6.07, 6.45) is 6.12. The lowest BCUT2D eigenvalue weighted by atomic mass is 9.78. The molecule has 0 bridgehead atoms. The number of nitrogens with one attached hydrogen (secondary N) is 1. The molecule has 0 spiro atoms. The predicted octanol–water partition coefficient (Wildman–Crippen LogP) is 3.59. The summed E-state index contributed by atoms with van der Waals surface area (Å²) in [4.78, 5) is 14.6. The molecule has 1 aliphatic rings. The van der Waals surface area contributed by atoms with Crippen LogP contribution in [0.25, 0.3) is 0 Å². The number of nitro groups is 1. The Morgan fingerprint density at radius 2 is 2.10 bits per heavy atom. The van der Waals surface area contributed by atoms with Gasteiger partial charge in [0.05, 0.1) is 17.1 Å². The van der Waals surface area contributed by atoms with Gasteiger partial charge in [0.1, 0.15) is 11.6 Å². The number of hydrogen-bond donors (Lipinski definition) is 2. The van der Waals surface area contributed by atoms with Crippen LogP contribution < -0.4 is 11.1 Å². The van der Waals surface area contributed by atoms with Crippen molar-refractivity contribution in [2.45, 2.75) is 46.0 Å². The first-order valence-electron chi connectivity index (χ1n) is 7.56. The number of anilines is 2. The van der Waals surface area contributed by atoms with E-state index in [1.54, 1.807) is 0 Å². The molecule has 1 saturated carbocycles. The van der Waals surface area contributed by atoms with Gasteiger partial charge in [0.25, 0.3) is 5.69 Å². The lowest BCUT2D eigenvalue weighted by Crippen LogP contribution is -2.28. The largest absolute Gasteiger partial charge is 0.383 e. The second kappa shape index (κ2) is 6.28. The normalized spacial score (nSPS) is 17.1. The van der Waals surface area contributed by atoms with Crippen LogP contribution in [-0.4, -0.2) is 16.5 Å². The maximum Gasteiger partial charge on any atom is 0.276 e. The van der Waals surface area contributed by atoms with E-state index in [0.29, 0.717) is 11.7 Å². The third kappa shape index (κ3) is 4.06. The molecule has 0 saturated heterocycles. The fourth-order valence-corrected chi connectivity index (χ4v) is 3.46. The Morgan fingerprint density at radius 3 is 2.67 bits per heavy atom. The average Bonchev–Trinajstić information content (AvgIpc) is 2.84. The monoisotopic (exact) mass is 292 g/mol. The van der Waals surface area contributed by atoms with Crippen LogP contribution in [0.4, 0.5) is 17.3 Å². The van der Waals surface area contributed by atoms with Crippen molar-refractivity contribution >= 4 is 17.3 Å². The molecular formula is C15H24N4O2. The minimum absolute atomic E-state index is 0.0191. The third-order valence-corrected chi connectivity index (χ3v) is 4.19. The van der Waals surface area contributed by atoms with Crippen LogP contribution in [0.3, 0.4) is 0 Å². The summed E-state index contributed by atoms with van der Waals surface area (Å²) in [5.41, 5.74) is 5.91. The first-order valence-corrected chi connectivity index (χ1v) is 7.56. The van der Waals surface area contributed by atoms with Gasteiger partial charge in [0.15, 0.2) is 0 Å². The molecule has 1 aromatic rings. The summed E-state index contributed by atoms with van der Waals surface area (Å²) in [7, 11) is 0. The van der Waals surface area contributed by atoms with Crippen molar-refractivity contribution in [3.05, 3.63) is 22.2 Å². The molecule has 3 N–H and O–H groups in total. The van der Waals surface area contributed by atoms with Crippen molar-refractivity contribution in [2.75, 3.05) is 17.6 Å². The average molecular weight is 292 g/mol. The highest BCUT2D eigenvalue weighted by molar-refractivity contribution is 5.52. The molecule has 6 nitrogen and oxygen atoms in total. The Bertz CT molecular complexity index is 510. The topological polar surface area (TPSA) is 94.1 Å². The van der Waals surface area contributed by atoms with Crippen LogP contribution in [0.1, 0.15) is 46.0 Å². The summed E-state index contributed by atoms with van der Waals surface area (Å²) < 4.78 is 0. The number of nitrogens with zero attached hydrogens (tertiary/aromatic N) is 2. The second-order valence-corrected chi connectivity index (χ2v) is 6.55. The Labute approximate surface area is 125 Å². The van der Waals surface area contributed by atoms with Gasteiger partial charge < -0.3 is 11.1 Å². The predicted molar refractivity (Wildman–Crippen MR) is 84.1 cm³/mol. The zero-order valence-electron chi connectivity index (χ0n) is 12.8. The van der Waals surface area contributed by atoms with Crippen molar-refractivity contribution in [2.24, 2.45) is 11.3 Å². The number of hydrogen-bond acceptors (Lipinski definition) is 5. The number of rotatable bonds is 6. The van der Waals surface area contributed by atoms with E-state index in [2.05, 4.69) is 24.1 Å². The lowest BCUT2D eigenvalue weighted by molar-refractivity contribution is -0.384. The van der Waals surface area contributed by atoms with E-state index in [9.17, 15) is 10.1 Å². The molecule has 0 aromatic carbocycles. The fourth-order valence-electron chi connectivity index (χ4n) is 3.46. The van der Waals surface area contributed by atoms with Crippen molar-refractivity contribution in [1.82, 2.24) is 4.98 Å². The first kappa shape index (κ1) is 15.5. The van der Waals surface area contributed by atoms with E-state index in [4.69, 9.17) is 5.73 Å². The fraction of sp³-hybridized carbons (Fsp3) is 0.667. The Hall–Kier alpha value is -1.85.